The van der Waals surface area contributed by atoms with Crippen LogP contribution in [0.1, 0.15) is 10.4 Å². The summed E-state index contributed by atoms with van der Waals surface area (Å²) in [7, 11) is -7.64. The summed E-state index contributed by atoms with van der Waals surface area (Å²) in [6, 6.07) is 26.1. The van der Waals surface area contributed by atoms with Crippen LogP contribution in [0.2, 0.25) is 5.02 Å². The molecule has 0 radical (unpaired) electrons. The van der Waals surface area contributed by atoms with Crippen LogP contribution in [0.3, 0.4) is 0 Å². The predicted molar refractivity (Wildman–Crippen MR) is 140 cm³/mol. The molecule has 11 heteroatoms. The fraction of sp³-hybridized carbons (Fsp3) is 0. The Bertz CT molecular complexity index is 1600. The molecule has 0 saturated heterocycles. The lowest BCUT2D eigenvalue weighted by Crippen LogP contribution is -2.15. The zero-order chi connectivity index (χ0) is 25.8. The van der Waals surface area contributed by atoms with Crippen molar-refractivity contribution in [1.82, 2.24) is 0 Å². The Labute approximate surface area is 214 Å². The summed E-state index contributed by atoms with van der Waals surface area (Å²) in [6.07, 6.45) is 0. The molecule has 0 aliphatic heterocycles. The summed E-state index contributed by atoms with van der Waals surface area (Å²) in [5.74, 6) is -0.507. The first kappa shape index (κ1) is 25.2. The van der Waals surface area contributed by atoms with Gasteiger partial charge in [0.05, 0.1) is 20.5 Å². The van der Waals surface area contributed by atoms with E-state index in [-0.39, 0.29) is 26.1 Å². The molecule has 3 N–H and O–H groups in total. The zero-order valence-corrected chi connectivity index (χ0v) is 20.9. The molecule has 4 aromatic rings. The van der Waals surface area contributed by atoms with Crippen molar-refractivity contribution in [2.24, 2.45) is 0 Å². The number of sulfonamides is 2. The summed E-state index contributed by atoms with van der Waals surface area (Å²) in [4.78, 5) is 12.8. The molecule has 0 saturated carbocycles. The van der Waals surface area contributed by atoms with Gasteiger partial charge in [0.1, 0.15) is 0 Å². The SMILES string of the molecule is O=C(Nc1ccc(S(=O)(=O)Nc2ccccc2)cc1)c1ccc(NS(=O)(=O)c2ccccc2)c(Cl)c1. The van der Waals surface area contributed by atoms with E-state index in [9.17, 15) is 21.6 Å². The first-order valence-electron chi connectivity index (χ1n) is 10.5. The Morgan fingerprint density at radius 3 is 1.78 bits per heavy atom. The van der Waals surface area contributed by atoms with E-state index in [4.69, 9.17) is 11.6 Å². The number of benzene rings is 4. The van der Waals surface area contributed by atoms with Crippen molar-refractivity contribution in [2.75, 3.05) is 14.8 Å². The molecule has 4 rings (SSSR count). The highest BCUT2D eigenvalue weighted by Crippen LogP contribution is 2.26. The van der Waals surface area contributed by atoms with Crippen LogP contribution in [0.5, 0.6) is 0 Å². The molecule has 0 bridgehead atoms. The third-order valence-electron chi connectivity index (χ3n) is 4.98. The first-order chi connectivity index (χ1) is 17.1. The number of hydrogen-bond donors (Lipinski definition) is 3. The van der Waals surface area contributed by atoms with Gasteiger partial charge in [-0.1, -0.05) is 48.0 Å². The zero-order valence-electron chi connectivity index (χ0n) is 18.6. The molecule has 0 unspecified atom stereocenters. The van der Waals surface area contributed by atoms with Crippen LogP contribution in [0, 0.1) is 0 Å². The van der Waals surface area contributed by atoms with Gasteiger partial charge in [-0.25, -0.2) is 16.8 Å². The number of hydrogen-bond acceptors (Lipinski definition) is 5. The van der Waals surface area contributed by atoms with Gasteiger partial charge in [-0.15, -0.1) is 0 Å². The molecule has 0 heterocycles. The fourth-order valence-corrected chi connectivity index (χ4v) is 5.63. The van der Waals surface area contributed by atoms with Crippen molar-refractivity contribution in [3.8, 4) is 0 Å². The molecule has 36 heavy (non-hydrogen) atoms. The van der Waals surface area contributed by atoms with Crippen molar-refractivity contribution >= 4 is 54.6 Å². The Morgan fingerprint density at radius 1 is 0.611 bits per heavy atom. The Kier molecular flexibility index (Phi) is 7.30. The summed E-state index contributed by atoms with van der Waals surface area (Å²) in [5, 5.41) is 2.69. The molecular weight excluding hydrogens is 522 g/mol. The molecule has 8 nitrogen and oxygen atoms in total. The second-order valence-corrected chi connectivity index (χ2v) is 11.3. The normalized spacial score (nSPS) is 11.5. The number of amides is 1. The molecule has 0 spiro atoms. The third kappa shape index (κ3) is 6.03. The van der Waals surface area contributed by atoms with E-state index in [1.54, 1.807) is 48.5 Å². The van der Waals surface area contributed by atoms with Gasteiger partial charge in [0.25, 0.3) is 26.0 Å². The van der Waals surface area contributed by atoms with Crippen molar-refractivity contribution in [1.29, 1.82) is 0 Å². The molecule has 4 aromatic carbocycles. The Hall–Kier alpha value is -3.86. The summed E-state index contributed by atoms with van der Waals surface area (Å²) in [5.41, 5.74) is 1.10. The second kappa shape index (κ2) is 10.4. The van der Waals surface area contributed by atoms with Crippen LogP contribution in [0.15, 0.2) is 113 Å². The van der Waals surface area contributed by atoms with E-state index in [0.717, 1.165) is 0 Å². The van der Waals surface area contributed by atoms with Gasteiger partial charge in [0.2, 0.25) is 0 Å². The van der Waals surface area contributed by atoms with Crippen molar-refractivity contribution in [3.05, 3.63) is 114 Å². The quantitative estimate of drug-likeness (QED) is 0.283. The van der Waals surface area contributed by atoms with Gasteiger partial charge in [-0.2, -0.15) is 0 Å². The topological polar surface area (TPSA) is 121 Å². The number of carbonyl (C=O) groups is 1. The number of halogens is 1. The number of anilines is 3. The largest absolute Gasteiger partial charge is 0.322 e. The summed E-state index contributed by atoms with van der Waals surface area (Å²) in [6.45, 7) is 0. The van der Waals surface area contributed by atoms with Gasteiger partial charge >= 0.3 is 0 Å². The first-order valence-corrected chi connectivity index (χ1v) is 13.9. The molecule has 184 valence electrons. The molecule has 0 aromatic heterocycles. The average Bonchev–Trinajstić information content (AvgIpc) is 2.86. The maximum atomic E-state index is 12.7. The van der Waals surface area contributed by atoms with Crippen LogP contribution in [0.4, 0.5) is 17.1 Å². The van der Waals surface area contributed by atoms with Crippen molar-refractivity contribution < 1.29 is 21.6 Å². The molecule has 0 aliphatic carbocycles. The van der Waals surface area contributed by atoms with Crippen LogP contribution in [0.25, 0.3) is 0 Å². The second-order valence-electron chi connectivity index (χ2n) is 7.56. The lowest BCUT2D eigenvalue weighted by molar-refractivity contribution is 0.102. The van der Waals surface area contributed by atoms with E-state index >= 15 is 0 Å². The highest BCUT2D eigenvalue weighted by molar-refractivity contribution is 7.93. The van der Waals surface area contributed by atoms with Crippen LogP contribution in [-0.2, 0) is 20.0 Å². The van der Waals surface area contributed by atoms with Crippen molar-refractivity contribution in [2.45, 2.75) is 9.79 Å². The van der Waals surface area contributed by atoms with E-state index in [1.807, 2.05) is 0 Å². The summed E-state index contributed by atoms with van der Waals surface area (Å²) < 4.78 is 55.0. The van der Waals surface area contributed by atoms with Gasteiger partial charge in [-0.3, -0.25) is 14.2 Å². The van der Waals surface area contributed by atoms with Crippen LogP contribution < -0.4 is 14.8 Å². The minimum absolute atomic E-state index is 0.0300. The smallest absolute Gasteiger partial charge is 0.261 e. The fourth-order valence-electron chi connectivity index (χ4n) is 3.18. The van der Waals surface area contributed by atoms with Gasteiger partial charge in [0, 0.05) is 16.9 Å². The number of rotatable bonds is 8. The van der Waals surface area contributed by atoms with E-state index in [2.05, 4.69) is 14.8 Å². The van der Waals surface area contributed by atoms with Crippen LogP contribution in [-0.4, -0.2) is 22.7 Å². The predicted octanol–water partition coefficient (Wildman–Crippen LogP) is 5.19. The lowest BCUT2D eigenvalue weighted by Gasteiger charge is -2.12. The minimum atomic E-state index is -3.84. The number of para-hydroxylation sites is 1. The monoisotopic (exact) mass is 541 g/mol. The van der Waals surface area contributed by atoms with Gasteiger partial charge in [0.15, 0.2) is 0 Å². The maximum Gasteiger partial charge on any atom is 0.261 e. The number of nitrogens with one attached hydrogen (secondary N) is 3. The maximum absolute atomic E-state index is 12.7. The highest BCUT2D eigenvalue weighted by Gasteiger charge is 2.17. The van der Waals surface area contributed by atoms with Gasteiger partial charge < -0.3 is 5.32 Å². The van der Waals surface area contributed by atoms with E-state index in [0.29, 0.717) is 11.4 Å². The third-order valence-corrected chi connectivity index (χ3v) is 8.07. The number of carbonyl (C=O) groups excluding carboxylic acids is 1. The molecule has 1 amide bonds. The van der Waals surface area contributed by atoms with Crippen molar-refractivity contribution in [3.63, 3.8) is 0 Å². The van der Waals surface area contributed by atoms with Gasteiger partial charge in [-0.05, 0) is 66.7 Å². The molecule has 0 atom stereocenters. The molecule has 0 aliphatic rings. The van der Waals surface area contributed by atoms with Crippen LogP contribution >= 0.6 is 11.6 Å². The highest BCUT2D eigenvalue weighted by atomic mass is 35.5. The van der Waals surface area contributed by atoms with E-state index in [1.165, 1.54) is 54.6 Å². The minimum Gasteiger partial charge on any atom is -0.322 e. The van der Waals surface area contributed by atoms with E-state index < -0.39 is 26.0 Å². The Balaban J connectivity index is 1.44. The molecule has 0 fully saturated rings. The lowest BCUT2D eigenvalue weighted by atomic mass is 10.2. The Morgan fingerprint density at radius 2 is 1.17 bits per heavy atom. The summed E-state index contributed by atoms with van der Waals surface area (Å²) >= 11 is 6.23. The molecular formula is C25H20ClN3O5S2. The average molecular weight is 542 g/mol. The standard InChI is InChI=1S/C25H20ClN3O5S2/c26-23-17-18(11-16-24(23)29-36(33,34)21-9-5-2-6-10-21)25(30)27-19-12-14-22(15-13-19)35(31,32)28-20-7-3-1-4-8-20/h1-17,28-29H,(H,27,30).